The number of hydrogen-bond acceptors (Lipinski definition) is 7. The molecule has 0 saturated carbocycles. The Balaban J connectivity index is 1.36. The van der Waals surface area contributed by atoms with Gasteiger partial charge in [0.1, 0.15) is 23.8 Å². The number of benzene rings is 3. The van der Waals surface area contributed by atoms with Crippen LogP contribution < -0.4 is 4.90 Å². The fraction of sp³-hybridized carbons (Fsp3) is 0.359. The van der Waals surface area contributed by atoms with Crippen LogP contribution in [0.15, 0.2) is 110 Å². The maximum atomic E-state index is 15.2. The number of ether oxygens (including phenoxy) is 1. The van der Waals surface area contributed by atoms with Crippen molar-refractivity contribution in [1.29, 1.82) is 0 Å². The number of aromatic nitrogens is 3. The van der Waals surface area contributed by atoms with E-state index in [0.717, 1.165) is 5.52 Å². The molecule has 3 unspecified atom stereocenters. The number of para-hydroxylation sites is 2. The molecule has 1 aromatic heterocycles. The van der Waals surface area contributed by atoms with E-state index < -0.39 is 47.6 Å². The average Bonchev–Trinajstić information content (AvgIpc) is 3.81. The maximum Gasteiger partial charge on any atom is 0.250 e. The highest BCUT2D eigenvalue weighted by Crippen LogP contribution is 2.66. The number of rotatable bonds is 12. The van der Waals surface area contributed by atoms with Crippen molar-refractivity contribution in [2.75, 3.05) is 24.6 Å². The normalized spacial score (nSPS) is 27.3. The molecule has 3 aliphatic heterocycles. The number of hydrogen-bond donors (Lipinski definition) is 1. The van der Waals surface area contributed by atoms with Crippen LogP contribution in [-0.4, -0.2) is 84.6 Å². The number of aliphatic hydroxyl groups is 1. The number of fused-ring (bicyclic) bond motifs is 2. The van der Waals surface area contributed by atoms with Gasteiger partial charge >= 0.3 is 0 Å². The first-order chi connectivity index (χ1) is 24.2. The highest BCUT2D eigenvalue weighted by Gasteiger charge is 2.80. The van der Waals surface area contributed by atoms with Gasteiger partial charge in [-0.2, -0.15) is 0 Å². The Morgan fingerprint density at radius 1 is 1.00 bits per heavy atom. The Bertz CT molecular complexity index is 1930. The lowest BCUT2D eigenvalue weighted by atomic mass is 9.62. The molecule has 11 nitrogen and oxygen atoms in total. The first kappa shape index (κ1) is 33.4. The third-order valence-corrected chi connectivity index (χ3v) is 11.0. The van der Waals surface area contributed by atoms with Crippen LogP contribution in [0.3, 0.4) is 0 Å². The summed E-state index contributed by atoms with van der Waals surface area (Å²) in [6.45, 7) is 11.7. The zero-order valence-corrected chi connectivity index (χ0v) is 28.3. The largest absolute Gasteiger partial charge is 0.394 e. The number of likely N-dealkylation sites (tertiary alicyclic amines) is 1. The van der Waals surface area contributed by atoms with Gasteiger partial charge in [0.15, 0.2) is 0 Å². The molecule has 3 saturated heterocycles. The van der Waals surface area contributed by atoms with E-state index in [1.54, 1.807) is 26.6 Å². The van der Waals surface area contributed by atoms with Gasteiger partial charge in [0, 0.05) is 18.8 Å². The molecule has 258 valence electrons. The van der Waals surface area contributed by atoms with E-state index in [0.29, 0.717) is 23.2 Å². The Labute approximate surface area is 291 Å². The molecule has 4 aromatic rings. The summed E-state index contributed by atoms with van der Waals surface area (Å²) in [5, 5.41) is 19.5. The van der Waals surface area contributed by atoms with Crippen molar-refractivity contribution in [2.24, 2.45) is 17.8 Å². The maximum absolute atomic E-state index is 15.2. The fourth-order valence-corrected chi connectivity index (χ4v) is 8.65. The summed E-state index contributed by atoms with van der Waals surface area (Å²) < 4.78 is 8.70. The van der Waals surface area contributed by atoms with Crippen LogP contribution in [-0.2, 0) is 25.8 Å². The second-order valence-electron chi connectivity index (χ2n) is 13.7. The van der Waals surface area contributed by atoms with E-state index >= 15 is 9.59 Å². The van der Waals surface area contributed by atoms with E-state index in [1.165, 1.54) is 4.90 Å². The third-order valence-electron chi connectivity index (χ3n) is 11.0. The Morgan fingerprint density at radius 2 is 1.66 bits per heavy atom. The van der Waals surface area contributed by atoms with Gasteiger partial charge in [-0.05, 0) is 49.1 Å². The summed E-state index contributed by atoms with van der Waals surface area (Å²) in [5.41, 5.74) is 0.395. The van der Waals surface area contributed by atoms with Gasteiger partial charge in [0.05, 0.1) is 35.6 Å². The molecule has 3 aromatic carbocycles. The summed E-state index contributed by atoms with van der Waals surface area (Å²) in [7, 11) is 0. The zero-order valence-electron chi connectivity index (χ0n) is 28.3. The molecule has 0 aliphatic carbocycles. The van der Waals surface area contributed by atoms with Crippen LogP contribution in [0.5, 0.6) is 0 Å². The van der Waals surface area contributed by atoms with Gasteiger partial charge in [-0.1, -0.05) is 85.0 Å². The average molecular weight is 675 g/mol. The minimum atomic E-state index is -1.34. The van der Waals surface area contributed by atoms with Crippen molar-refractivity contribution in [3.05, 3.63) is 116 Å². The summed E-state index contributed by atoms with van der Waals surface area (Å²) in [6.07, 6.45) is 3.67. The minimum absolute atomic E-state index is 0.0378. The van der Waals surface area contributed by atoms with Gasteiger partial charge in [0.2, 0.25) is 17.7 Å². The third kappa shape index (κ3) is 5.06. The van der Waals surface area contributed by atoms with Crippen molar-refractivity contribution in [3.8, 4) is 0 Å². The molecule has 2 bridgehead atoms. The van der Waals surface area contributed by atoms with Crippen LogP contribution in [0, 0.1) is 17.8 Å². The van der Waals surface area contributed by atoms with Gasteiger partial charge in [-0.3, -0.25) is 14.4 Å². The molecular formula is C39H42N6O5. The fourth-order valence-electron chi connectivity index (χ4n) is 8.65. The molecule has 50 heavy (non-hydrogen) atoms. The van der Waals surface area contributed by atoms with Crippen molar-refractivity contribution in [1.82, 2.24) is 24.8 Å². The second kappa shape index (κ2) is 13.0. The molecule has 4 heterocycles. The van der Waals surface area contributed by atoms with Gasteiger partial charge in [-0.25, -0.2) is 4.68 Å². The summed E-state index contributed by atoms with van der Waals surface area (Å²) in [6, 6.07) is 23.9. The minimum Gasteiger partial charge on any atom is -0.394 e. The lowest BCUT2D eigenvalue weighted by Gasteiger charge is -2.39. The number of nitrogens with zero attached hydrogens (tertiary/aromatic N) is 6. The van der Waals surface area contributed by atoms with E-state index in [4.69, 9.17) is 4.74 Å². The molecule has 1 spiro atoms. The molecule has 0 radical (unpaired) electrons. The SMILES string of the molecule is C=CCN(Cn1nnc2ccccc21)C(=O)C1N([C@H](CO)c2ccccc2)C(=O)[C@@H]2[C@H](C(=O)N(CC=C)c3ccccc3)[C@@]3(C)OC12CC3C. The first-order valence-electron chi connectivity index (χ1n) is 17.0. The van der Waals surface area contributed by atoms with E-state index in [-0.39, 0.29) is 37.5 Å². The molecular weight excluding hydrogens is 632 g/mol. The molecule has 11 heteroatoms. The number of carbonyl (C=O) groups is 3. The van der Waals surface area contributed by atoms with Crippen molar-refractivity contribution in [2.45, 2.75) is 50.2 Å². The van der Waals surface area contributed by atoms with E-state index in [9.17, 15) is 9.90 Å². The number of anilines is 1. The Morgan fingerprint density at radius 3 is 2.34 bits per heavy atom. The highest BCUT2D eigenvalue weighted by atomic mass is 16.5. The monoisotopic (exact) mass is 674 g/mol. The van der Waals surface area contributed by atoms with Crippen LogP contribution in [0.4, 0.5) is 5.69 Å². The summed E-state index contributed by atoms with van der Waals surface area (Å²) >= 11 is 0. The van der Waals surface area contributed by atoms with Crippen molar-refractivity contribution >= 4 is 34.4 Å². The Hall–Kier alpha value is -5.13. The van der Waals surface area contributed by atoms with Crippen LogP contribution >= 0.6 is 0 Å². The van der Waals surface area contributed by atoms with Crippen molar-refractivity contribution in [3.63, 3.8) is 0 Å². The standard InChI is InChI=1S/C39H42N6O5/c1-5-21-42(25-44-30-20-14-13-19-29(30)40-41-44)37(49)34-39-23-26(3)38(4,50-39)32(35(47)43(22-6-2)28-17-11-8-12-18-28)33(39)36(48)45(34)31(24-46)27-15-9-7-10-16-27/h5-20,26,31-34,46H,1-2,21-25H2,3-4H3/t26?,31-,32-,33+,34?,38+,39?/m1/s1. The molecule has 3 amide bonds. The molecule has 3 fully saturated rings. The molecule has 1 N–H and O–H groups in total. The van der Waals surface area contributed by atoms with Gasteiger partial charge in [0.25, 0.3) is 0 Å². The predicted molar refractivity (Wildman–Crippen MR) is 188 cm³/mol. The molecule has 7 atom stereocenters. The lowest BCUT2D eigenvalue weighted by molar-refractivity contribution is -0.156. The molecule has 3 aliphatic rings. The van der Waals surface area contributed by atoms with Crippen LogP contribution in [0.2, 0.25) is 0 Å². The quantitative estimate of drug-likeness (QED) is 0.222. The first-order valence-corrected chi connectivity index (χ1v) is 17.0. The Kier molecular flexibility index (Phi) is 8.65. The predicted octanol–water partition coefficient (Wildman–Crippen LogP) is 4.37. The summed E-state index contributed by atoms with van der Waals surface area (Å²) in [5.74, 6) is -3.09. The second-order valence-corrected chi connectivity index (χ2v) is 13.7. The van der Waals surface area contributed by atoms with Crippen LogP contribution in [0.1, 0.15) is 31.9 Å². The summed E-state index contributed by atoms with van der Waals surface area (Å²) in [4.78, 5) is 50.0. The number of amides is 3. The van der Waals surface area contributed by atoms with E-state index in [1.807, 2.05) is 98.8 Å². The number of aliphatic hydroxyl groups excluding tert-OH is 1. The van der Waals surface area contributed by atoms with E-state index in [2.05, 4.69) is 23.5 Å². The highest BCUT2D eigenvalue weighted by molar-refractivity contribution is 6.03. The lowest BCUT2D eigenvalue weighted by Crippen LogP contribution is -2.57. The van der Waals surface area contributed by atoms with Crippen LogP contribution in [0.25, 0.3) is 11.0 Å². The zero-order chi connectivity index (χ0) is 35.2. The smallest absolute Gasteiger partial charge is 0.250 e. The van der Waals surface area contributed by atoms with Gasteiger partial charge in [-0.15, -0.1) is 18.3 Å². The van der Waals surface area contributed by atoms with Gasteiger partial charge < -0.3 is 24.5 Å². The number of carbonyl (C=O) groups excluding carboxylic acids is 3. The topological polar surface area (TPSA) is 121 Å². The molecule has 7 rings (SSSR count). The van der Waals surface area contributed by atoms with Crippen molar-refractivity contribution < 1.29 is 24.2 Å².